The second-order valence-corrected chi connectivity index (χ2v) is 6.66. The summed E-state index contributed by atoms with van der Waals surface area (Å²) in [4.78, 5) is 19.3. The summed E-state index contributed by atoms with van der Waals surface area (Å²) in [7, 11) is 1.64. The van der Waals surface area contributed by atoms with Crippen molar-refractivity contribution in [3.8, 4) is 5.75 Å². The van der Waals surface area contributed by atoms with Gasteiger partial charge in [-0.25, -0.2) is 4.98 Å². The van der Waals surface area contributed by atoms with Crippen LogP contribution in [-0.2, 0) is 6.42 Å². The van der Waals surface area contributed by atoms with Gasteiger partial charge >= 0.3 is 0 Å². The largest absolute Gasteiger partial charge is 0.497 e. The van der Waals surface area contributed by atoms with Crippen molar-refractivity contribution in [3.63, 3.8) is 0 Å². The number of nitrogens with zero attached hydrogens (tertiary/aromatic N) is 2. The number of aromatic nitrogens is 1. The van der Waals surface area contributed by atoms with Gasteiger partial charge in [-0.15, -0.1) is 0 Å². The molecule has 0 aliphatic carbocycles. The molecule has 0 fully saturated rings. The average molecular weight is 383 g/mol. The Labute approximate surface area is 148 Å². The molecule has 0 bridgehead atoms. The molecular weight excluding hydrogens is 368 g/mol. The molecule has 0 radical (unpaired) electrons. The Morgan fingerprint density at radius 1 is 1.17 bits per heavy atom. The predicted octanol–water partition coefficient (Wildman–Crippen LogP) is 4.21. The van der Waals surface area contributed by atoms with Crippen LogP contribution in [0.5, 0.6) is 5.75 Å². The van der Waals surface area contributed by atoms with Crippen LogP contribution in [0.15, 0.2) is 53.0 Å². The van der Waals surface area contributed by atoms with Crippen molar-refractivity contribution in [2.75, 3.05) is 18.6 Å². The molecule has 1 aliphatic rings. The molecule has 0 unspecified atom stereocenters. The summed E-state index contributed by atoms with van der Waals surface area (Å²) < 4.78 is 6.23. The van der Waals surface area contributed by atoms with Gasteiger partial charge in [-0.3, -0.25) is 9.69 Å². The normalized spacial score (nSPS) is 13.2. The van der Waals surface area contributed by atoms with Gasteiger partial charge in [0.1, 0.15) is 11.6 Å². The average Bonchev–Trinajstić information content (AvgIpc) is 3.02. The quantitative estimate of drug-likeness (QED) is 0.666. The Morgan fingerprint density at radius 3 is 2.71 bits per heavy atom. The Kier molecular flexibility index (Phi) is 3.73. The van der Waals surface area contributed by atoms with E-state index in [-0.39, 0.29) is 5.91 Å². The monoisotopic (exact) mass is 382 g/mol. The number of rotatable bonds is 2. The fraction of sp³-hybridized carbons (Fsp3) is 0.158. The van der Waals surface area contributed by atoms with E-state index in [9.17, 15) is 4.79 Å². The zero-order valence-electron chi connectivity index (χ0n) is 13.1. The minimum absolute atomic E-state index is 0.0176. The van der Waals surface area contributed by atoms with Crippen LogP contribution >= 0.6 is 15.9 Å². The number of carbonyl (C=O) groups excluding carboxylic acids is 1. The van der Waals surface area contributed by atoms with Gasteiger partial charge in [-0.1, -0.05) is 15.9 Å². The maximum absolute atomic E-state index is 12.8. The maximum atomic E-state index is 12.8. The van der Waals surface area contributed by atoms with Gasteiger partial charge in [0.05, 0.1) is 12.6 Å². The fourth-order valence-electron chi connectivity index (χ4n) is 3.01. The summed E-state index contributed by atoms with van der Waals surface area (Å²) in [6.45, 7) is 0.657. The molecule has 5 heteroatoms. The smallest absolute Gasteiger partial charge is 0.259 e. The molecule has 4 nitrogen and oxygen atoms in total. The van der Waals surface area contributed by atoms with E-state index in [1.807, 2.05) is 42.5 Å². The number of fused-ring (bicyclic) bond motifs is 2. The lowest BCUT2D eigenvalue weighted by atomic mass is 10.1. The molecular formula is C19H15BrN2O2. The first kappa shape index (κ1) is 15.1. The number of hydrogen-bond donors (Lipinski definition) is 0. The van der Waals surface area contributed by atoms with E-state index in [2.05, 4.69) is 22.0 Å². The van der Waals surface area contributed by atoms with Crippen molar-refractivity contribution >= 4 is 38.6 Å². The third-order valence-electron chi connectivity index (χ3n) is 4.28. The zero-order valence-corrected chi connectivity index (χ0v) is 14.7. The molecule has 0 atom stereocenters. The molecule has 3 aromatic rings. The van der Waals surface area contributed by atoms with Gasteiger partial charge in [-0.05, 0) is 54.4 Å². The molecule has 4 rings (SSSR count). The Hall–Kier alpha value is -2.40. The van der Waals surface area contributed by atoms with E-state index in [4.69, 9.17) is 9.72 Å². The van der Waals surface area contributed by atoms with Crippen LogP contribution in [0.25, 0.3) is 10.9 Å². The van der Waals surface area contributed by atoms with Crippen LogP contribution in [0.2, 0.25) is 0 Å². The minimum Gasteiger partial charge on any atom is -0.497 e. The van der Waals surface area contributed by atoms with E-state index in [0.29, 0.717) is 12.1 Å². The summed E-state index contributed by atoms with van der Waals surface area (Å²) in [5.41, 5.74) is 2.61. The first-order valence-electron chi connectivity index (χ1n) is 7.71. The van der Waals surface area contributed by atoms with E-state index >= 15 is 0 Å². The van der Waals surface area contributed by atoms with Crippen LogP contribution in [0, 0.1) is 0 Å². The summed E-state index contributed by atoms with van der Waals surface area (Å²) in [5, 5.41) is 1.06. The van der Waals surface area contributed by atoms with Crippen LogP contribution in [0.1, 0.15) is 15.9 Å². The molecule has 0 spiro atoms. The highest BCUT2D eigenvalue weighted by Gasteiger charge is 2.27. The van der Waals surface area contributed by atoms with Gasteiger partial charge < -0.3 is 4.74 Å². The summed E-state index contributed by atoms with van der Waals surface area (Å²) in [6, 6.07) is 15.4. The number of carbonyl (C=O) groups is 1. The second kappa shape index (κ2) is 5.91. The number of anilines is 1. The molecule has 0 saturated carbocycles. The van der Waals surface area contributed by atoms with Gasteiger partial charge in [-0.2, -0.15) is 0 Å². The fourth-order valence-corrected chi connectivity index (χ4v) is 3.27. The highest BCUT2D eigenvalue weighted by Crippen LogP contribution is 2.31. The van der Waals surface area contributed by atoms with E-state index in [1.54, 1.807) is 12.0 Å². The van der Waals surface area contributed by atoms with Gasteiger partial charge in [0.2, 0.25) is 0 Å². The number of benzene rings is 2. The lowest BCUT2D eigenvalue weighted by Crippen LogP contribution is -2.29. The van der Waals surface area contributed by atoms with Crippen molar-refractivity contribution in [2.24, 2.45) is 0 Å². The lowest BCUT2D eigenvalue weighted by Gasteiger charge is -2.17. The molecule has 1 aromatic heterocycles. The first-order chi connectivity index (χ1) is 11.7. The van der Waals surface area contributed by atoms with Crippen LogP contribution in [-0.4, -0.2) is 24.5 Å². The second-order valence-electron chi connectivity index (χ2n) is 5.74. The molecule has 2 aromatic carbocycles. The maximum Gasteiger partial charge on any atom is 0.259 e. The van der Waals surface area contributed by atoms with E-state index in [1.165, 1.54) is 0 Å². The molecule has 2 heterocycles. The number of methoxy groups -OCH3 is 1. The number of ether oxygens (including phenoxy) is 1. The van der Waals surface area contributed by atoms with E-state index in [0.717, 1.165) is 38.9 Å². The van der Waals surface area contributed by atoms with Crippen molar-refractivity contribution in [1.82, 2.24) is 4.98 Å². The van der Waals surface area contributed by atoms with Gasteiger partial charge in [0.25, 0.3) is 5.91 Å². The van der Waals surface area contributed by atoms with Gasteiger partial charge in [0, 0.05) is 28.0 Å². The minimum atomic E-state index is -0.0176. The summed E-state index contributed by atoms with van der Waals surface area (Å²) >= 11 is 3.40. The SMILES string of the molecule is COc1ccc2cc3c(nc2c1)N(C(=O)c1ccc(Br)cc1)CC3. The standard InChI is InChI=1S/C19H15BrN2O2/c1-24-16-7-4-13-10-14-8-9-22(18(14)21-17(13)11-16)19(23)12-2-5-15(20)6-3-12/h2-7,10-11H,8-9H2,1H3. The number of halogens is 1. The highest BCUT2D eigenvalue weighted by atomic mass is 79.9. The Balaban J connectivity index is 1.75. The summed E-state index contributed by atoms with van der Waals surface area (Å²) in [6.07, 6.45) is 0.826. The van der Waals surface area contributed by atoms with Crippen LogP contribution in [0.3, 0.4) is 0 Å². The predicted molar refractivity (Wildman–Crippen MR) is 97.8 cm³/mol. The molecule has 0 saturated heterocycles. The topological polar surface area (TPSA) is 42.4 Å². The lowest BCUT2D eigenvalue weighted by molar-refractivity contribution is 0.0989. The summed E-state index contributed by atoms with van der Waals surface area (Å²) in [5.74, 6) is 1.50. The third kappa shape index (κ3) is 2.55. The third-order valence-corrected chi connectivity index (χ3v) is 4.81. The Bertz CT molecular complexity index is 938. The number of amides is 1. The molecule has 1 amide bonds. The van der Waals surface area contributed by atoms with Crippen molar-refractivity contribution in [1.29, 1.82) is 0 Å². The van der Waals surface area contributed by atoms with Crippen molar-refractivity contribution in [2.45, 2.75) is 6.42 Å². The number of pyridine rings is 1. The zero-order chi connectivity index (χ0) is 16.7. The van der Waals surface area contributed by atoms with Crippen molar-refractivity contribution < 1.29 is 9.53 Å². The highest BCUT2D eigenvalue weighted by molar-refractivity contribution is 9.10. The van der Waals surface area contributed by atoms with Crippen molar-refractivity contribution in [3.05, 3.63) is 64.1 Å². The Morgan fingerprint density at radius 2 is 1.96 bits per heavy atom. The molecule has 1 aliphatic heterocycles. The number of hydrogen-bond acceptors (Lipinski definition) is 3. The van der Waals surface area contributed by atoms with Gasteiger partial charge in [0.15, 0.2) is 0 Å². The van der Waals surface area contributed by atoms with E-state index < -0.39 is 0 Å². The molecule has 120 valence electrons. The first-order valence-corrected chi connectivity index (χ1v) is 8.50. The van der Waals surface area contributed by atoms with Crippen LogP contribution < -0.4 is 9.64 Å². The molecule has 24 heavy (non-hydrogen) atoms. The molecule has 0 N–H and O–H groups in total. The van der Waals surface area contributed by atoms with Crippen LogP contribution in [0.4, 0.5) is 5.82 Å².